The average Bonchev–Trinajstić information content (AvgIpc) is 2.14. The largest absolute Gasteiger partial charge is 0.467 e. The molecule has 84 valence electrons. The molecule has 0 saturated heterocycles. The van der Waals surface area contributed by atoms with Crippen LogP contribution in [0.3, 0.4) is 0 Å². The van der Waals surface area contributed by atoms with Gasteiger partial charge in [0.15, 0.2) is 11.3 Å². The predicted molar refractivity (Wildman–Crippen MR) is 54.1 cm³/mol. The summed E-state index contributed by atoms with van der Waals surface area (Å²) in [6.07, 6.45) is 1.39. The molecule has 0 aliphatic rings. The summed E-state index contributed by atoms with van der Waals surface area (Å²) in [5, 5.41) is 2.31. The minimum atomic E-state index is -1.64. The number of amides is 1. The maximum Gasteiger partial charge on any atom is 0.339 e. The first-order valence-electron chi connectivity index (χ1n) is 4.39. The molecule has 15 heavy (non-hydrogen) atoms. The van der Waals surface area contributed by atoms with Gasteiger partial charge in [0.1, 0.15) is 0 Å². The van der Waals surface area contributed by atoms with Crippen molar-refractivity contribution in [2.45, 2.75) is 25.8 Å². The summed E-state index contributed by atoms with van der Waals surface area (Å²) in [6.45, 7) is 5.89. The Morgan fingerprint density at radius 1 is 1.40 bits per heavy atom. The number of esters is 1. The minimum absolute atomic E-state index is 0.00852. The third-order valence-corrected chi connectivity index (χ3v) is 1.97. The van der Waals surface area contributed by atoms with E-state index in [2.05, 4.69) is 16.6 Å². The van der Waals surface area contributed by atoms with E-state index in [1.165, 1.54) is 19.9 Å². The number of hydrogen-bond acceptors (Lipinski definition) is 4. The van der Waals surface area contributed by atoms with Gasteiger partial charge in [-0.2, -0.15) is 0 Å². The Kier molecular flexibility index (Phi) is 4.70. The van der Waals surface area contributed by atoms with Gasteiger partial charge in [-0.1, -0.05) is 6.08 Å². The Balaban J connectivity index is 5.24. The van der Waals surface area contributed by atoms with Crippen LogP contribution in [0, 0.1) is 0 Å². The lowest BCUT2D eigenvalue weighted by Gasteiger charge is -2.27. The van der Waals surface area contributed by atoms with Gasteiger partial charge < -0.3 is 10.1 Å². The molecule has 0 rings (SSSR count). The van der Waals surface area contributed by atoms with Gasteiger partial charge in [-0.15, -0.1) is 6.58 Å². The summed E-state index contributed by atoms with van der Waals surface area (Å²) >= 11 is 0. The van der Waals surface area contributed by atoms with Crippen molar-refractivity contribution >= 4 is 17.7 Å². The van der Waals surface area contributed by atoms with Crippen molar-refractivity contribution in [2.24, 2.45) is 0 Å². The first kappa shape index (κ1) is 13.4. The first-order chi connectivity index (χ1) is 6.90. The Morgan fingerprint density at radius 2 is 1.93 bits per heavy atom. The smallest absolute Gasteiger partial charge is 0.339 e. The number of nitrogens with one attached hydrogen (secondary N) is 1. The van der Waals surface area contributed by atoms with Crippen LogP contribution in [0.1, 0.15) is 20.3 Å². The molecule has 5 heteroatoms. The van der Waals surface area contributed by atoms with Crippen molar-refractivity contribution in [3.63, 3.8) is 0 Å². The van der Waals surface area contributed by atoms with Crippen LogP contribution in [0.5, 0.6) is 0 Å². The van der Waals surface area contributed by atoms with Gasteiger partial charge in [0.2, 0.25) is 5.91 Å². The highest BCUT2D eigenvalue weighted by molar-refractivity contribution is 6.10. The lowest BCUT2D eigenvalue weighted by molar-refractivity contribution is -0.154. The molecule has 0 fully saturated rings. The van der Waals surface area contributed by atoms with E-state index in [1.54, 1.807) is 0 Å². The number of ether oxygens (including phenoxy) is 1. The summed E-state index contributed by atoms with van der Waals surface area (Å²) in [7, 11) is 1.16. The molecule has 0 aromatic rings. The minimum Gasteiger partial charge on any atom is -0.467 e. The molecule has 0 radical (unpaired) electrons. The van der Waals surface area contributed by atoms with Crippen LogP contribution in [0.2, 0.25) is 0 Å². The monoisotopic (exact) mass is 213 g/mol. The lowest BCUT2D eigenvalue weighted by atomic mass is 9.90. The van der Waals surface area contributed by atoms with Crippen molar-refractivity contribution in [1.82, 2.24) is 5.32 Å². The maximum atomic E-state index is 11.5. The van der Waals surface area contributed by atoms with Gasteiger partial charge >= 0.3 is 5.97 Å². The van der Waals surface area contributed by atoms with E-state index in [0.717, 1.165) is 7.11 Å². The Morgan fingerprint density at radius 3 is 2.20 bits per heavy atom. The zero-order chi connectivity index (χ0) is 12.1. The van der Waals surface area contributed by atoms with E-state index in [0.29, 0.717) is 0 Å². The topological polar surface area (TPSA) is 72.5 Å². The van der Waals surface area contributed by atoms with Gasteiger partial charge in [-0.3, -0.25) is 9.59 Å². The Bertz CT molecular complexity index is 298. The van der Waals surface area contributed by atoms with E-state index < -0.39 is 23.2 Å². The summed E-state index contributed by atoms with van der Waals surface area (Å²) in [6, 6.07) is 0. The van der Waals surface area contributed by atoms with Crippen LogP contribution in [0.15, 0.2) is 12.7 Å². The second-order valence-electron chi connectivity index (χ2n) is 3.13. The van der Waals surface area contributed by atoms with Crippen molar-refractivity contribution in [3.8, 4) is 0 Å². The summed E-state index contributed by atoms with van der Waals surface area (Å²) in [5.74, 6) is -1.74. The molecule has 1 atom stereocenters. The molecule has 0 saturated carbocycles. The molecule has 0 spiro atoms. The van der Waals surface area contributed by atoms with Gasteiger partial charge in [-0.25, -0.2) is 4.79 Å². The van der Waals surface area contributed by atoms with E-state index in [1.807, 2.05) is 0 Å². The van der Waals surface area contributed by atoms with Gasteiger partial charge in [-0.05, 0) is 6.92 Å². The van der Waals surface area contributed by atoms with Crippen LogP contribution in [0.25, 0.3) is 0 Å². The molecule has 1 N–H and O–H groups in total. The van der Waals surface area contributed by atoms with Crippen LogP contribution in [-0.2, 0) is 19.1 Å². The molecule has 5 nitrogen and oxygen atoms in total. The molecule has 1 amide bonds. The van der Waals surface area contributed by atoms with E-state index in [9.17, 15) is 14.4 Å². The fourth-order valence-corrected chi connectivity index (χ4v) is 1.25. The van der Waals surface area contributed by atoms with Crippen molar-refractivity contribution in [3.05, 3.63) is 12.7 Å². The van der Waals surface area contributed by atoms with Gasteiger partial charge in [0.25, 0.3) is 0 Å². The molecule has 0 aromatic heterocycles. The van der Waals surface area contributed by atoms with E-state index in [4.69, 9.17) is 0 Å². The first-order valence-corrected chi connectivity index (χ1v) is 4.39. The summed E-state index contributed by atoms with van der Waals surface area (Å²) in [5.41, 5.74) is -1.64. The highest BCUT2D eigenvalue weighted by Crippen LogP contribution is 2.15. The number of methoxy groups -OCH3 is 1. The Labute approximate surface area is 88.5 Å². The maximum absolute atomic E-state index is 11.5. The number of rotatable bonds is 5. The predicted octanol–water partition coefficient (Wildman–Crippen LogP) is 0.199. The highest BCUT2D eigenvalue weighted by Gasteiger charge is 2.44. The third kappa shape index (κ3) is 2.90. The molecule has 0 bridgehead atoms. The quantitative estimate of drug-likeness (QED) is 0.402. The Hall–Kier alpha value is -1.65. The van der Waals surface area contributed by atoms with Crippen LogP contribution in [0.4, 0.5) is 0 Å². The van der Waals surface area contributed by atoms with Crippen LogP contribution >= 0.6 is 0 Å². The molecule has 0 heterocycles. The number of ketones is 1. The van der Waals surface area contributed by atoms with Crippen molar-refractivity contribution < 1.29 is 19.1 Å². The van der Waals surface area contributed by atoms with E-state index >= 15 is 0 Å². The third-order valence-electron chi connectivity index (χ3n) is 1.97. The average molecular weight is 213 g/mol. The molecule has 0 aliphatic heterocycles. The number of hydrogen-bond donors (Lipinski definition) is 1. The number of carbonyl (C=O) groups is 3. The fraction of sp³-hybridized carbons (Fsp3) is 0.500. The second-order valence-corrected chi connectivity index (χ2v) is 3.13. The summed E-state index contributed by atoms with van der Waals surface area (Å²) in [4.78, 5) is 33.9. The standard InChI is InChI=1S/C10H15NO4/c1-5-6-10(7(2)12,9(14)15-4)11-8(3)13/h5H,1,6H2,2-4H3,(H,11,13)/t10-/m1/s1. The molecule has 0 aliphatic carbocycles. The van der Waals surface area contributed by atoms with Crippen LogP contribution < -0.4 is 5.32 Å². The van der Waals surface area contributed by atoms with Crippen molar-refractivity contribution in [1.29, 1.82) is 0 Å². The highest BCUT2D eigenvalue weighted by atomic mass is 16.5. The summed E-state index contributed by atoms with van der Waals surface area (Å²) < 4.78 is 4.51. The van der Waals surface area contributed by atoms with E-state index in [-0.39, 0.29) is 6.42 Å². The number of Topliss-reactive ketones (excluding diaryl/α,β-unsaturated/α-hetero) is 1. The molecule has 0 unspecified atom stereocenters. The van der Waals surface area contributed by atoms with Gasteiger partial charge in [0, 0.05) is 13.3 Å². The normalized spacial score (nSPS) is 13.5. The SMILES string of the molecule is C=CC[C@@](NC(C)=O)(C(C)=O)C(=O)OC. The number of carbonyl (C=O) groups excluding carboxylic acids is 3. The molecule has 0 aromatic carbocycles. The zero-order valence-electron chi connectivity index (χ0n) is 9.12. The lowest BCUT2D eigenvalue weighted by Crippen LogP contribution is -2.59. The fourth-order valence-electron chi connectivity index (χ4n) is 1.25. The second kappa shape index (κ2) is 5.29. The van der Waals surface area contributed by atoms with Crippen molar-refractivity contribution in [2.75, 3.05) is 7.11 Å². The van der Waals surface area contributed by atoms with Gasteiger partial charge in [0.05, 0.1) is 7.11 Å². The zero-order valence-corrected chi connectivity index (χ0v) is 9.12. The van der Waals surface area contributed by atoms with Crippen LogP contribution in [-0.4, -0.2) is 30.3 Å². The molecular formula is C10H15NO4. The molecular weight excluding hydrogens is 198 g/mol.